The average Bonchev–Trinajstić information content (AvgIpc) is 2.48. The number of fused-ring (bicyclic) bond motifs is 1. The van der Waals surface area contributed by atoms with Crippen LogP contribution in [0.15, 0.2) is 42.5 Å². The van der Waals surface area contributed by atoms with E-state index >= 15 is 0 Å². The van der Waals surface area contributed by atoms with Crippen molar-refractivity contribution in [2.24, 2.45) is 11.7 Å². The summed E-state index contributed by atoms with van der Waals surface area (Å²) in [6.07, 6.45) is 8.12. The highest BCUT2D eigenvalue weighted by atomic mass is 14.6. The summed E-state index contributed by atoms with van der Waals surface area (Å²) >= 11 is 0. The second-order valence-electron chi connectivity index (χ2n) is 5.95. The Hall–Kier alpha value is -1.34. The van der Waals surface area contributed by atoms with Crippen LogP contribution in [0, 0.1) is 5.92 Å². The van der Waals surface area contributed by atoms with Gasteiger partial charge in [-0.1, -0.05) is 68.5 Å². The fraction of sp³-hybridized carbons (Fsp3) is 0.444. The predicted octanol–water partition coefficient (Wildman–Crippen LogP) is 4.81. The first kappa shape index (κ1) is 12.7. The van der Waals surface area contributed by atoms with Gasteiger partial charge in [-0.25, -0.2) is 0 Å². The minimum Gasteiger partial charge on any atom is -0.324 e. The first-order chi connectivity index (χ1) is 9.33. The maximum Gasteiger partial charge on any atom is 0.0297 e. The van der Waals surface area contributed by atoms with Gasteiger partial charge in [0, 0.05) is 6.04 Å². The van der Waals surface area contributed by atoms with E-state index in [4.69, 9.17) is 5.73 Å². The van der Waals surface area contributed by atoms with E-state index in [2.05, 4.69) is 42.5 Å². The van der Waals surface area contributed by atoms with Gasteiger partial charge in [-0.3, -0.25) is 0 Å². The van der Waals surface area contributed by atoms with E-state index in [1.807, 2.05) is 0 Å². The number of hydrogen-bond acceptors (Lipinski definition) is 1. The molecule has 1 aliphatic rings. The van der Waals surface area contributed by atoms with Crippen LogP contribution in [0.3, 0.4) is 0 Å². The Kier molecular flexibility index (Phi) is 3.84. The van der Waals surface area contributed by atoms with Gasteiger partial charge < -0.3 is 5.73 Å². The van der Waals surface area contributed by atoms with Gasteiger partial charge in [0.05, 0.1) is 0 Å². The lowest BCUT2D eigenvalue weighted by Gasteiger charge is -2.24. The molecule has 2 aromatic rings. The Morgan fingerprint density at radius 1 is 0.947 bits per heavy atom. The van der Waals surface area contributed by atoms with Crippen LogP contribution < -0.4 is 5.73 Å². The Bertz CT molecular complexity index is 540. The van der Waals surface area contributed by atoms with Crippen molar-refractivity contribution in [3.05, 3.63) is 48.0 Å². The molecule has 1 unspecified atom stereocenters. The lowest BCUT2D eigenvalue weighted by Crippen LogP contribution is -2.17. The van der Waals surface area contributed by atoms with Crippen LogP contribution in [0.1, 0.15) is 50.1 Å². The van der Waals surface area contributed by atoms with Crippen LogP contribution in [0.5, 0.6) is 0 Å². The summed E-state index contributed by atoms with van der Waals surface area (Å²) in [6, 6.07) is 15.4. The van der Waals surface area contributed by atoms with Gasteiger partial charge >= 0.3 is 0 Å². The molecule has 2 N–H and O–H groups in total. The summed E-state index contributed by atoms with van der Waals surface area (Å²) in [5.41, 5.74) is 7.71. The molecule has 2 aromatic carbocycles. The van der Waals surface area contributed by atoms with E-state index in [0.717, 1.165) is 12.3 Å². The molecule has 1 heteroatoms. The zero-order valence-electron chi connectivity index (χ0n) is 11.5. The molecule has 1 fully saturated rings. The summed E-state index contributed by atoms with van der Waals surface area (Å²) in [5, 5.41) is 2.61. The van der Waals surface area contributed by atoms with Crippen LogP contribution in [-0.4, -0.2) is 0 Å². The van der Waals surface area contributed by atoms with E-state index in [-0.39, 0.29) is 6.04 Å². The molecule has 0 amide bonds. The molecule has 1 nitrogen and oxygen atoms in total. The van der Waals surface area contributed by atoms with Gasteiger partial charge in [-0.05, 0) is 34.7 Å². The quantitative estimate of drug-likeness (QED) is 0.834. The first-order valence-corrected chi connectivity index (χ1v) is 7.57. The van der Waals surface area contributed by atoms with Crippen LogP contribution in [-0.2, 0) is 0 Å². The molecule has 0 heterocycles. The van der Waals surface area contributed by atoms with E-state index in [1.165, 1.54) is 48.4 Å². The highest BCUT2D eigenvalue weighted by Crippen LogP contribution is 2.31. The minimum absolute atomic E-state index is 0.202. The molecule has 0 bridgehead atoms. The summed E-state index contributed by atoms with van der Waals surface area (Å²) < 4.78 is 0. The molecule has 0 saturated heterocycles. The van der Waals surface area contributed by atoms with Crippen LogP contribution in [0.4, 0.5) is 0 Å². The van der Waals surface area contributed by atoms with Gasteiger partial charge in [0.1, 0.15) is 0 Å². The SMILES string of the molecule is NC(CC1CCCCC1)c1ccc2ccccc2c1. The normalized spacial score (nSPS) is 18.6. The standard InChI is InChI=1S/C18H23N/c19-18(12-14-6-2-1-3-7-14)17-11-10-15-8-4-5-9-16(15)13-17/h4-5,8-11,13-14,18H,1-3,6-7,12,19H2. The fourth-order valence-corrected chi connectivity index (χ4v) is 3.36. The second kappa shape index (κ2) is 5.75. The molecule has 0 aliphatic heterocycles. The third-order valence-corrected chi connectivity index (χ3v) is 4.51. The fourth-order valence-electron chi connectivity index (χ4n) is 3.36. The third kappa shape index (κ3) is 2.98. The lowest BCUT2D eigenvalue weighted by molar-refractivity contribution is 0.319. The molecular weight excluding hydrogens is 230 g/mol. The van der Waals surface area contributed by atoms with Crippen molar-refractivity contribution >= 4 is 10.8 Å². The van der Waals surface area contributed by atoms with Crippen molar-refractivity contribution in [3.8, 4) is 0 Å². The highest BCUT2D eigenvalue weighted by Gasteiger charge is 2.17. The number of nitrogens with two attached hydrogens (primary N) is 1. The predicted molar refractivity (Wildman–Crippen MR) is 82.1 cm³/mol. The van der Waals surface area contributed by atoms with Crippen molar-refractivity contribution in [1.29, 1.82) is 0 Å². The number of hydrogen-bond donors (Lipinski definition) is 1. The van der Waals surface area contributed by atoms with Crippen molar-refractivity contribution < 1.29 is 0 Å². The molecule has 1 aliphatic carbocycles. The maximum absolute atomic E-state index is 6.42. The summed E-state index contributed by atoms with van der Waals surface area (Å²) in [7, 11) is 0. The van der Waals surface area contributed by atoms with Crippen LogP contribution >= 0.6 is 0 Å². The molecule has 0 spiro atoms. The molecule has 0 radical (unpaired) electrons. The third-order valence-electron chi connectivity index (χ3n) is 4.51. The first-order valence-electron chi connectivity index (χ1n) is 7.57. The molecular formula is C18H23N. The Labute approximate surface area is 115 Å². The van der Waals surface area contributed by atoms with E-state index < -0.39 is 0 Å². The van der Waals surface area contributed by atoms with Gasteiger partial charge in [0.25, 0.3) is 0 Å². The monoisotopic (exact) mass is 253 g/mol. The van der Waals surface area contributed by atoms with Crippen LogP contribution in [0.25, 0.3) is 10.8 Å². The topological polar surface area (TPSA) is 26.0 Å². The maximum atomic E-state index is 6.42. The highest BCUT2D eigenvalue weighted by molar-refractivity contribution is 5.83. The lowest BCUT2D eigenvalue weighted by atomic mass is 9.83. The smallest absolute Gasteiger partial charge is 0.0297 e. The summed E-state index contributed by atoms with van der Waals surface area (Å²) in [5.74, 6) is 0.843. The van der Waals surface area contributed by atoms with Crippen LogP contribution in [0.2, 0.25) is 0 Å². The molecule has 0 aromatic heterocycles. The van der Waals surface area contributed by atoms with Crippen molar-refractivity contribution in [3.63, 3.8) is 0 Å². The van der Waals surface area contributed by atoms with E-state index in [9.17, 15) is 0 Å². The Morgan fingerprint density at radius 2 is 1.68 bits per heavy atom. The summed E-state index contributed by atoms with van der Waals surface area (Å²) in [4.78, 5) is 0. The van der Waals surface area contributed by atoms with E-state index in [0.29, 0.717) is 0 Å². The van der Waals surface area contributed by atoms with E-state index in [1.54, 1.807) is 0 Å². The second-order valence-corrected chi connectivity index (χ2v) is 5.95. The average molecular weight is 253 g/mol. The van der Waals surface area contributed by atoms with Gasteiger partial charge in [0.2, 0.25) is 0 Å². The Morgan fingerprint density at radius 3 is 2.47 bits per heavy atom. The molecule has 3 rings (SSSR count). The zero-order valence-corrected chi connectivity index (χ0v) is 11.5. The number of benzene rings is 2. The van der Waals surface area contributed by atoms with Crippen molar-refractivity contribution in [2.45, 2.75) is 44.6 Å². The summed E-state index contributed by atoms with van der Waals surface area (Å²) in [6.45, 7) is 0. The van der Waals surface area contributed by atoms with Crippen molar-refractivity contribution in [1.82, 2.24) is 0 Å². The molecule has 1 atom stereocenters. The van der Waals surface area contributed by atoms with Gasteiger partial charge in [-0.15, -0.1) is 0 Å². The molecule has 19 heavy (non-hydrogen) atoms. The molecule has 100 valence electrons. The van der Waals surface area contributed by atoms with Crippen molar-refractivity contribution in [2.75, 3.05) is 0 Å². The minimum atomic E-state index is 0.202. The van der Waals surface area contributed by atoms with Gasteiger partial charge in [-0.2, -0.15) is 0 Å². The zero-order chi connectivity index (χ0) is 13.1. The molecule has 1 saturated carbocycles. The van der Waals surface area contributed by atoms with Gasteiger partial charge in [0.15, 0.2) is 0 Å². The Balaban J connectivity index is 1.75. The number of rotatable bonds is 3. The largest absolute Gasteiger partial charge is 0.324 e.